The number of carboxylic acid groups (broad SMARTS) is 1. The molecule has 1 fully saturated rings. The summed E-state index contributed by atoms with van der Waals surface area (Å²) in [5.41, 5.74) is -0.0423. The van der Waals surface area contributed by atoms with Crippen LogP contribution in [0.4, 0.5) is 4.39 Å². The Morgan fingerprint density at radius 1 is 1.50 bits per heavy atom. The molecule has 0 unspecified atom stereocenters. The van der Waals surface area contributed by atoms with Crippen molar-refractivity contribution >= 4 is 17.6 Å². The van der Waals surface area contributed by atoms with Gasteiger partial charge in [-0.25, -0.2) is 4.39 Å². The molecule has 0 bridgehead atoms. The van der Waals surface area contributed by atoms with Crippen LogP contribution in [-0.2, 0) is 16.9 Å². The molecule has 0 atom stereocenters. The van der Waals surface area contributed by atoms with Crippen LogP contribution >= 0.6 is 11.6 Å². The second-order valence-electron chi connectivity index (χ2n) is 4.14. The minimum Gasteiger partial charge on any atom is -0.481 e. The molecule has 2 nitrogen and oxygen atoms in total. The van der Waals surface area contributed by atoms with Crippen LogP contribution < -0.4 is 0 Å². The van der Waals surface area contributed by atoms with E-state index in [2.05, 4.69) is 0 Å². The zero-order chi connectivity index (χ0) is 11.8. The molecular weight excluding hydrogens is 231 g/mol. The Labute approximate surface area is 98.0 Å². The van der Waals surface area contributed by atoms with Crippen LogP contribution in [0.25, 0.3) is 0 Å². The predicted octanol–water partition coefficient (Wildman–Crippen LogP) is 3.32. The largest absolute Gasteiger partial charge is 0.481 e. The van der Waals surface area contributed by atoms with Gasteiger partial charge in [-0.3, -0.25) is 4.79 Å². The Morgan fingerprint density at radius 3 is 2.62 bits per heavy atom. The summed E-state index contributed by atoms with van der Waals surface area (Å²) in [5.74, 6) is -0.879. The van der Waals surface area contributed by atoms with E-state index in [1.165, 1.54) is 0 Å². The van der Waals surface area contributed by atoms with Crippen LogP contribution in [0.3, 0.4) is 0 Å². The van der Waals surface area contributed by atoms with E-state index in [0.29, 0.717) is 29.0 Å². The van der Waals surface area contributed by atoms with E-state index in [1.54, 1.807) is 18.2 Å². The summed E-state index contributed by atoms with van der Waals surface area (Å²) in [7, 11) is 0. The molecule has 0 amide bonds. The molecule has 86 valence electrons. The first-order valence-electron chi connectivity index (χ1n) is 5.19. The van der Waals surface area contributed by atoms with E-state index in [9.17, 15) is 14.3 Å². The van der Waals surface area contributed by atoms with Gasteiger partial charge in [-0.1, -0.05) is 30.2 Å². The van der Waals surface area contributed by atoms with Gasteiger partial charge in [0, 0.05) is 10.6 Å². The number of hydrogen-bond acceptors (Lipinski definition) is 1. The highest BCUT2D eigenvalue weighted by Gasteiger charge is 2.47. The molecule has 2 rings (SSSR count). The van der Waals surface area contributed by atoms with Crippen molar-refractivity contribution in [2.24, 2.45) is 0 Å². The van der Waals surface area contributed by atoms with Gasteiger partial charge in [-0.05, 0) is 24.5 Å². The van der Waals surface area contributed by atoms with Gasteiger partial charge in [0.25, 0.3) is 0 Å². The van der Waals surface area contributed by atoms with Gasteiger partial charge in [0.05, 0.1) is 5.41 Å². The lowest BCUT2D eigenvalue weighted by molar-refractivity contribution is -0.147. The number of carboxylic acids is 1. The molecule has 0 saturated heterocycles. The van der Waals surface area contributed by atoms with Crippen LogP contribution in [-0.4, -0.2) is 11.1 Å². The topological polar surface area (TPSA) is 37.3 Å². The standard InChI is InChI=1S/C12H12ClFO2/c13-10-4-1-3-9(8(10)7-14)12(11(15)16)5-2-6-12/h1,3-4H,2,5-7H2,(H,15,16). The molecule has 0 spiro atoms. The Bertz CT molecular complexity index is 427. The highest BCUT2D eigenvalue weighted by Crippen LogP contribution is 2.46. The lowest BCUT2D eigenvalue weighted by Crippen LogP contribution is -2.43. The maximum atomic E-state index is 12.9. The van der Waals surface area contributed by atoms with E-state index in [-0.39, 0.29) is 0 Å². The summed E-state index contributed by atoms with van der Waals surface area (Å²) in [5, 5.41) is 9.60. The zero-order valence-electron chi connectivity index (χ0n) is 8.67. The van der Waals surface area contributed by atoms with Gasteiger partial charge in [-0.2, -0.15) is 0 Å². The van der Waals surface area contributed by atoms with Gasteiger partial charge >= 0.3 is 5.97 Å². The van der Waals surface area contributed by atoms with Crippen LogP contribution in [0.15, 0.2) is 18.2 Å². The molecule has 16 heavy (non-hydrogen) atoms. The van der Waals surface area contributed by atoms with Crippen molar-refractivity contribution in [2.75, 3.05) is 0 Å². The van der Waals surface area contributed by atoms with Crippen LogP contribution in [0.2, 0.25) is 5.02 Å². The smallest absolute Gasteiger partial charge is 0.314 e. The Balaban J connectivity index is 2.54. The zero-order valence-corrected chi connectivity index (χ0v) is 9.43. The maximum Gasteiger partial charge on any atom is 0.314 e. The van der Waals surface area contributed by atoms with Crippen LogP contribution in [0.5, 0.6) is 0 Å². The Hall–Kier alpha value is -1.09. The normalized spacial score (nSPS) is 17.9. The van der Waals surface area contributed by atoms with Crippen molar-refractivity contribution in [3.63, 3.8) is 0 Å². The Morgan fingerprint density at radius 2 is 2.19 bits per heavy atom. The number of carbonyl (C=O) groups is 1. The molecule has 0 aromatic heterocycles. The monoisotopic (exact) mass is 242 g/mol. The molecular formula is C12H12ClFO2. The minimum absolute atomic E-state index is 0.313. The first-order valence-corrected chi connectivity index (χ1v) is 5.57. The third-order valence-electron chi connectivity index (χ3n) is 3.38. The molecule has 1 aliphatic carbocycles. The number of halogens is 2. The number of hydrogen-bond donors (Lipinski definition) is 1. The molecule has 4 heteroatoms. The molecule has 0 radical (unpaired) electrons. The molecule has 0 heterocycles. The van der Waals surface area contributed by atoms with Crippen LogP contribution in [0, 0.1) is 0 Å². The highest BCUT2D eigenvalue weighted by molar-refractivity contribution is 6.31. The van der Waals surface area contributed by atoms with Gasteiger partial charge < -0.3 is 5.11 Å². The van der Waals surface area contributed by atoms with Crippen molar-refractivity contribution in [3.05, 3.63) is 34.3 Å². The van der Waals surface area contributed by atoms with E-state index >= 15 is 0 Å². The van der Waals surface area contributed by atoms with Crippen molar-refractivity contribution in [3.8, 4) is 0 Å². The van der Waals surface area contributed by atoms with Gasteiger partial charge in [-0.15, -0.1) is 0 Å². The fraction of sp³-hybridized carbons (Fsp3) is 0.417. The summed E-state index contributed by atoms with van der Waals surface area (Å²) in [6.07, 6.45) is 2.00. The quantitative estimate of drug-likeness (QED) is 0.883. The second-order valence-corrected chi connectivity index (χ2v) is 4.55. The minimum atomic E-state index is -0.910. The summed E-state index contributed by atoms with van der Waals surface area (Å²) in [6.45, 7) is -0.718. The molecule has 1 saturated carbocycles. The number of benzene rings is 1. The van der Waals surface area contributed by atoms with Gasteiger partial charge in [0.1, 0.15) is 6.67 Å². The first kappa shape index (κ1) is 11.4. The molecule has 0 aliphatic heterocycles. The molecule has 1 aromatic carbocycles. The molecule has 1 aromatic rings. The van der Waals surface area contributed by atoms with Crippen LogP contribution in [0.1, 0.15) is 30.4 Å². The van der Waals surface area contributed by atoms with E-state index in [0.717, 1.165) is 6.42 Å². The SMILES string of the molecule is O=C(O)C1(c2cccc(Cl)c2CF)CCC1. The van der Waals surface area contributed by atoms with Crippen molar-refractivity contribution < 1.29 is 14.3 Å². The first-order chi connectivity index (χ1) is 7.62. The fourth-order valence-electron chi connectivity index (χ4n) is 2.27. The van der Waals surface area contributed by atoms with Crippen molar-refractivity contribution in [2.45, 2.75) is 31.4 Å². The average molecular weight is 243 g/mol. The third kappa shape index (κ3) is 1.50. The number of aliphatic carboxylic acids is 1. The number of alkyl halides is 1. The summed E-state index contributed by atoms with van der Waals surface area (Å²) in [4.78, 5) is 11.3. The summed E-state index contributed by atoms with van der Waals surface area (Å²) < 4.78 is 12.9. The highest BCUT2D eigenvalue weighted by atomic mass is 35.5. The summed E-state index contributed by atoms with van der Waals surface area (Å²) in [6, 6.07) is 4.95. The fourth-order valence-corrected chi connectivity index (χ4v) is 2.50. The average Bonchev–Trinajstić information content (AvgIpc) is 2.15. The Kier molecular flexibility index (Phi) is 2.89. The lowest BCUT2D eigenvalue weighted by Gasteiger charge is -2.39. The second kappa shape index (κ2) is 4.06. The third-order valence-corrected chi connectivity index (χ3v) is 3.74. The number of rotatable bonds is 3. The van der Waals surface area contributed by atoms with E-state index < -0.39 is 18.1 Å². The van der Waals surface area contributed by atoms with Crippen molar-refractivity contribution in [1.82, 2.24) is 0 Å². The summed E-state index contributed by atoms with van der Waals surface area (Å²) >= 11 is 5.89. The molecule has 1 N–H and O–H groups in total. The lowest BCUT2D eigenvalue weighted by atomic mass is 9.63. The predicted molar refractivity (Wildman–Crippen MR) is 59.4 cm³/mol. The molecule has 1 aliphatic rings. The van der Waals surface area contributed by atoms with Gasteiger partial charge in [0.15, 0.2) is 0 Å². The maximum absolute atomic E-state index is 12.9. The van der Waals surface area contributed by atoms with Gasteiger partial charge in [0.2, 0.25) is 0 Å². The van der Waals surface area contributed by atoms with Crippen molar-refractivity contribution in [1.29, 1.82) is 0 Å². The van der Waals surface area contributed by atoms with E-state index in [4.69, 9.17) is 11.6 Å². The van der Waals surface area contributed by atoms with E-state index in [1.807, 2.05) is 0 Å².